The van der Waals surface area contributed by atoms with Crippen LogP contribution in [0.3, 0.4) is 0 Å². The predicted octanol–water partition coefficient (Wildman–Crippen LogP) is 4.11. The van der Waals surface area contributed by atoms with Crippen LogP contribution in [0.15, 0.2) is 60.9 Å². The molecule has 3 rings (SSSR count). The monoisotopic (exact) mass is 352 g/mol. The topological polar surface area (TPSA) is 66.9 Å². The second-order valence-electron chi connectivity index (χ2n) is 5.59. The van der Waals surface area contributed by atoms with E-state index in [0.29, 0.717) is 17.4 Å². The summed E-state index contributed by atoms with van der Waals surface area (Å²) in [5.41, 5.74) is 3.32. The number of aryl methyl sites for hydroxylation is 1. The number of anilines is 2. The molecule has 6 heteroatoms. The number of carbonyl (C=O) groups is 1. The van der Waals surface area contributed by atoms with Crippen molar-refractivity contribution in [1.82, 2.24) is 15.3 Å². The van der Waals surface area contributed by atoms with Crippen LogP contribution < -0.4 is 10.6 Å². The minimum atomic E-state index is -0.257. The van der Waals surface area contributed by atoms with Crippen molar-refractivity contribution in [2.24, 2.45) is 0 Å². The fraction of sp³-hybridized carbons (Fsp3) is 0.105. The highest BCUT2D eigenvalue weighted by atomic mass is 35.5. The zero-order valence-electron chi connectivity index (χ0n) is 13.7. The van der Waals surface area contributed by atoms with Gasteiger partial charge in [-0.1, -0.05) is 41.4 Å². The van der Waals surface area contributed by atoms with E-state index in [1.165, 1.54) is 12.4 Å². The lowest BCUT2D eigenvalue weighted by molar-refractivity contribution is 0.0945. The van der Waals surface area contributed by atoms with E-state index >= 15 is 0 Å². The van der Waals surface area contributed by atoms with Gasteiger partial charge in [0.05, 0.1) is 12.4 Å². The largest absolute Gasteiger partial charge is 0.347 e. The Kier molecular flexibility index (Phi) is 5.26. The van der Waals surface area contributed by atoms with Crippen molar-refractivity contribution < 1.29 is 4.79 Å². The van der Waals surface area contributed by atoms with E-state index in [1.807, 2.05) is 43.3 Å². The van der Waals surface area contributed by atoms with Gasteiger partial charge in [-0.15, -0.1) is 0 Å². The van der Waals surface area contributed by atoms with Crippen LogP contribution in [0.4, 0.5) is 11.5 Å². The normalized spacial score (nSPS) is 10.3. The molecule has 1 amide bonds. The van der Waals surface area contributed by atoms with E-state index in [4.69, 9.17) is 11.6 Å². The molecular formula is C19H17ClN4O. The number of hydrogen-bond acceptors (Lipinski definition) is 4. The van der Waals surface area contributed by atoms with Gasteiger partial charge in [-0.3, -0.25) is 4.79 Å². The number of nitrogens with zero attached hydrogens (tertiary/aromatic N) is 2. The van der Waals surface area contributed by atoms with Crippen LogP contribution in [0.5, 0.6) is 0 Å². The molecule has 0 radical (unpaired) electrons. The third kappa shape index (κ3) is 4.78. The molecule has 0 saturated heterocycles. The SMILES string of the molecule is Cc1cccc(CNC(=O)c2cnc(Nc3ccc(Cl)cc3)cn2)c1. The van der Waals surface area contributed by atoms with E-state index < -0.39 is 0 Å². The fourth-order valence-electron chi connectivity index (χ4n) is 2.29. The number of amides is 1. The summed E-state index contributed by atoms with van der Waals surface area (Å²) < 4.78 is 0. The van der Waals surface area contributed by atoms with Gasteiger partial charge in [0, 0.05) is 17.3 Å². The minimum absolute atomic E-state index is 0.257. The number of halogens is 1. The first-order valence-electron chi connectivity index (χ1n) is 7.78. The Labute approximate surface area is 151 Å². The maximum atomic E-state index is 12.2. The van der Waals surface area contributed by atoms with Gasteiger partial charge in [-0.25, -0.2) is 9.97 Å². The van der Waals surface area contributed by atoms with Gasteiger partial charge in [0.25, 0.3) is 5.91 Å². The first-order valence-corrected chi connectivity index (χ1v) is 8.16. The molecule has 0 saturated carbocycles. The summed E-state index contributed by atoms with van der Waals surface area (Å²) in [6.45, 7) is 2.47. The van der Waals surface area contributed by atoms with Crippen molar-refractivity contribution in [3.63, 3.8) is 0 Å². The zero-order chi connectivity index (χ0) is 17.6. The Morgan fingerprint density at radius 1 is 1.08 bits per heavy atom. The third-order valence-corrected chi connectivity index (χ3v) is 3.79. The van der Waals surface area contributed by atoms with Gasteiger partial charge < -0.3 is 10.6 Å². The molecule has 2 N–H and O–H groups in total. The quantitative estimate of drug-likeness (QED) is 0.725. The molecule has 126 valence electrons. The number of hydrogen-bond donors (Lipinski definition) is 2. The van der Waals surface area contributed by atoms with Crippen molar-refractivity contribution in [2.75, 3.05) is 5.32 Å². The zero-order valence-corrected chi connectivity index (χ0v) is 14.4. The molecule has 25 heavy (non-hydrogen) atoms. The summed E-state index contributed by atoms with van der Waals surface area (Å²) in [6.07, 6.45) is 2.97. The molecule has 0 unspecified atom stereocenters. The maximum Gasteiger partial charge on any atom is 0.271 e. The van der Waals surface area contributed by atoms with Gasteiger partial charge in [0.2, 0.25) is 0 Å². The molecule has 0 aliphatic carbocycles. The Morgan fingerprint density at radius 2 is 1.88 bits per heavy atom. The highest BCUT2D eigenvalue weighted by Crippen LogP contribution is 2.17. The van der Waals surface area contributed by atoms with Crippen molar-refractivity contribution in [3.8, 4) is 0 Å². The highest BCUT2D eigenvalue weighted by Gasteiger charge is 2.08. The summed E-state index contributed by atoms with van der Waals surface area (Å²) in [7, 11) is 0. The van der Waals surface area contributed by atoms with Gasteiger partial charge in [0.15, 0.2) is 0 Å². The van der Waals surface area contributed by atoms with Crippen LogP contribution in [0.1, 0.15) is 21.6 Å². The summed E-state index contributed by atoms with van der Waals surface area (Å²) in [5.74, 6) is 0.296. The lowest BCUT2D eigenvalue weighted by Crippen LogP contribution is -2.24. The molecular weight excluding hydrogens is 336 g/mol. The Balaban J connectivity index is 1.59. The molecule has 1 aromatic heterocycles. The van der Waals surface area contributed by atoms with Crippen molar-refractivity contribution in [3.05, 3.63) is 82.8 Å². The maximum absolute atomic E-state index is 12.2. The van der Waals surface area contributed by atoms with Crippen LogP contribution in [0, 0.1) is 6.92 Å². The minimum Gasteiger partial charge on any atom is -0.347 e. The fourth-order valence-corrected chi connectivity index (χ4v) is 2.41. The molecule has 0 bridgehead atoms. The summed E-state index contributed by atoms with van der Waals surface area (Å²) in [6, 6.07) is 15.2. The van der Waals surface area contributed by atoms with E-state index in [2.05, 4.69) is 20.6 Å². The summed E-state index contributed by atoms with van der Waals surface area (Å²) >= 11 is 5.85. The van der Waals surface area contributed by atoms with Crippen LogP contribution in [0.2, 0.25) is 5.02 Å². The molecule has 2 aromatic carbocycles. The lowest BCUT2D eigenvalue weighted by atomic mass is 10.1. The van der Waals surface area contributed by atoms with Crippen LogP contribution in [0.25, 0.3) is 0 Å². The van der Waals surface area contributed by atoms with Crippen molar-refractivity contribution in [1.29, 1.82) is 0 Å². The highest BCUT2D eigenvalue weighted by molar-refractivity contribution is 6.30. The van der Waals surface area contributed by atoms with Crippen LogP contribution in [-0.2, 0) is 6.54 Å². The van der Waals surface area contributed by atoms with Gasteiger partial charge >= 0.3 is 0 Å². The third-order valence-electron chi connectivity index (χ3n) is 3.54. The van der Waals surface area contributed by atoms with E-state index in [1.54, 1.807) is 12.1 Å². The molecule has 0 aliphatic heterocycles. The van der Waals surface area contributed by atoms with Crippen LogP contribution >= 0.6 is 11.6 Å². The molecule has 0 spiro atoms. The average molecular weight is 353 g/mol. The number of carbonyl (C=O) groups excluding carboxylic acids is 1. The molecule has 0 aliphatic rings. The van der Waals surface area contributed by atoms with E-state index in [0.717, 1.165) is 16.8 Å². The average Bonchev–Trinajstić information content (AvgIpc) is 2.62. The Morgan fingerprint density at radius 3 is 2.56 bits per heavy atom. The molecule has 0 atom stereocenters. The van der Waals surface area contributed by atoms with E-state index in [-0.39, 0.29) is 11.6 Å². The standard InChI is InChI=1S/C19H17ClN4O/c1-13-3-2-4-14(9-13)10-23-19(25)17-11-22-18(12-21-17)24-16-7-5-15(20)6-8-16/h2-9,11-12H,10H2,1H3,(H,22,24)(H,23,25). The van der Waals surface area contributed by atoms with Crippen molar-refractivity contribution >= 4 is 29.0 Å². The van der Waals surface area contributed by atoms with Gasteiger partial charge in [-0.05, 0) is 36.8 Å². The Hall–Kier alpha value is -2.92. The smallest absolute Gasteiger partial charge is 0.271 e. The first kappa shape index (κ1) is 16.9. The predicted molar refractivity (Wildman–Crippen MR) is 99.1 cm³/mol. The molecule has 0 fully saturated rings. The second-order valence-corrected chi connectivity index (χ2v) is 6.03. The Bertz CT molecular complexity index is 863. The summed E-state index contributed by atoms with van der Waals surface area (Å²) in [5, 5.41) is 6.60. The lowest BCUT2D eigenvalue weighted by Gasteiger charge is -2.07. The second kappa shape index (κ2) is 7.77. The number of nitrogens with one attached hydrogen (secondary N) is 2. The number of rotatable bonds is 5. The number of aromatic nitrogens is 2. The molecule has 3 aromatic rings. The first-order chi connectivity index (χ1) is 12.1. The summed E-state index contributed by atoms with van der Waals surface area (Å²) in [4.78, 5) is 20.5. The molecule has 5 nitrogen and oxygen atoms in total. The number of benzene rings is 2. The van der Waals surface area contributed by atoms with Crippen molar-refractivity contribution in [2.45, 2.75) is 13.5 Å². The van der Waals surface area contributed by atoms with Crippen LogP contribution in [-0.4, -0.2) is 15.9 Å². The van der Waals surface area contributed by atoms with Gasteiger partial charge in [-0.2, -0.15) is 0 Å². The van der Waals surface area contributed by atoms with E-state index in [9.17, 15) is 4.79 Å². The van der Waals surface area contributed by atoms with Gasteiger partial charge in [0.1, 0.15) is 11.5 Å². The molecule has 1 heterocycles.